The van der Waals surface area contributed by atoms with Crippen LogP contribution in [0.3, 0.4) is 0 Å². The van der Waals surface area contributed by atoms with Crippen LogP contribution in [0.1, 0.15) is 48.2 Å². The van der Waals surface area contributed by atoms with E-state index in [1.807, 2.05) is 53.1 Å². The molecule has 2 heterocycles. The van der Waals surface area contributed by atoms with E-state index in [0.29, 0.717) is 43.8 Å². The summed E-state index contributed by atoms with van der Waals surface area (Å²) in [6.07, 6.45) is 3.04. The van der Waals surface area contributed by atoms with Crippen LogP contribution >= 0.6 is 12.4 Å². The molecule has 2 aliphatic heterocycles. The van der Waals surface area contributed by atoms with E-state index in [1.165, 1.54) is 5.56 Å². The molecule has 2 aromatic carbocycles. The number of piperidine rings is 1. The number of carbonyl (C=O) groups excluding carboxylic acids is 2. The van der Waals surface area contributed by atoms with Crippen LogP contribution in [0.15, 0.2) is 48.5 Å². The summed E-state index contributed by atoms with van der Waals surface area (Å²) in [6.45, 7) is 13.0. The summed E-state index contributed by atoms with van der Waals surface area (Å²) in [5.74, 6) is 0.523. The van der Waals surface area contributed by atoms with Crippen molar-refractivity contribution in [2.45, 2.75) is 46.1 Å². The van der Waals surface area contributed by atoms with Crippen molar-refractivity contribution in [1.82, 2.24) is 14.7 Å². The van der Waals surface area contributed by atoms with Crippen LogP contribution in [0.25, 0.3) is 0 Å². The summed E-state index contributed by atoms with van der Waals surface area (Å²) in [7, 11) is 0. The molecule has 2 aromatic rings. The van der Waals surface area contributed by atoms with Crippen LogP contribution < -0.4 is 5.32 Å². The Kier molecular flexibility index (Phi) is 11.4. The lowest BCUT2D eigenvalue weighted by atomic mass is 9.95. The summed E-state index contributed by atoms with van der Waals surface area (Å²) < 4.78 is 5.38. The number of urea groups is 1. The van der Waals surface area contributed by atoms with E-state index in [0.717, 1.165) is 56.7 Å². The van der Waals surface area contributed by atoms with Gasteiger partial charge in [-0.25, -0.2) is 4.79 Å². The van der Waals surface area contributed by atoms with Crippen molar-refractivity contribution in [3.63, 3.8) is 0 Å². The first-order chi connectivity index (χ1) is 17.9. The predicted octanol–water partition coefficient (Wildman–Crippen LogP) is 5.09. The molecule has 208 valence electrons. The normalized spacial score (nSPS) is 17.2. The number of likely N-dealkylation sites (N-methyl/N-ethyl adjacent to an activating group) is 1. The van der Waals surface area contributed by atoms with Gasteiger partial charge in [0.1, 0.15) is 0 Å². The highest BCUT2D eigenvalue weighted by Gasteiger charge is 2.28. The summed E-state index contributed by atoms with van der Waals surface area (Å²) in [4.78, 5) is 32.0. The van der Waals surface area contributed by atoms with Gasteiger partial charge in [-0.3, -0.25) is 4.79 Å². The molecule has 0 spiro atoms. The van der Waals surface area contributed by atoms with Gasteiger partial charge in [0, 0.05) is 50.0 Å². The number of morpholine rings is 1. The van der Waals surface area contributed by atoms with E-state index in [9.17, 15) is 9.59 Å². The van der Waals surface area contributed by atoms with Gasteiger partial charge in [0.2, 0.25) is 0 Å². The number of nitrogens with zero attached hydrogens (tertiary/aromatic N) is 3. The maximum Gasteiger partial charge on any atom is 0.320 e. The van der Waals surface area contributed by atoms with Gasteiger partial charge in [-0.2, -0.15) is 0 Å². The minimum atomic E-state index is -0.0844. The zero-order valence-electron chi connectivity index (χ0n) is 23.0. The molecule has 38 heavy (non-hydrogen) atoms. The number of amides is 3. The first-order valence-electron chi connectivity index (χ1n) is 13.8. The van der Waals surface area contributed by atoms with Crippen LogP contribution in [0.4, 0.5) is 10.5 Å². The van der Waals surface area contributed by atoms with E-state index < -0.39 is 0 Å². The Bertz CT molecular complexity index is 1030. The van der Waals surface area contributed by atoms with Gasteiger partial charge < -0.3 is 24.8 Å². The minimum absolute atomic E-state index is 0. The van der Waals surface area contributed by atoms with E-state index in [1.54, 1.807) is 0 Å². The number of hydrogen-bond donors (Lipinski definition) is 1. The molecule has 2 fully saturated rings. The molecule has 0 saturated carbocycles. The molecule has 1 atom stereocenters. The molecule has 0 aliphatic carbocycles. The number of carbonyl (C=O) groups is 2. The number of aryl methyl sites for hydroxylation is 1. The third-order valence-corrected chi connectivity index (χ3v) is 7.72. The molecule has 8 heteroatoms. The van der Waals surface area contributed by atoms with E-state index in [4.69, 9.17) is 4.74 Å². The Morgan fingerprint density at radius 2 is 1.68 bits per heavy atom. The topological polar surface area (TPSA) is 65.1 Å². The first-order valence-corrected chi connectivity index (χ1v) is 13.8. The maximum absolute atomic E-state index is 12.8. The van der Waals surface area contributed by atoms with Crippen molar-refractivity contribution < 1.29 is 14.3 Å². The molecule has 0 radical (unpaired) electrons. The number of ether oxygens (including phenoxy) is 1. The second kappa shape index (κ2) is 14.5. The first kappa shape index (κ1) is 29.9. The monoisotopic (exact) mass is 542 g/mol. The zero-order chi connectivity index (χ0) is 26.2. The van der Waals surface area contributed by atoms with Gasteiger partial charge in [0.15, 0.2) is 0 Å². The fraction of sp³-hybridized carbons (Fsp3) is 0.533. The molecule has 7 nitrogen and oxygen atoms in total. The molecule has 2 saturated heterocycles. The number of benzene rings is 2. The van der Waals surface area contributed by atoms with Crippen molar-refractivity contribution in [2.24, 2.45) is 5.92 Å². The molecule has 4 rings (SSSR count). The van der Waals surface area contributed by atoms with Gasteiger partial charge >= 0.3 is 6.03 Å². The molecule has 1 unspecified atom stereocenters. The number of rotatable bonds is 8. The molecule has 1 N–H and O–H groups in total. The van der Waals surface area contributed by atoms with Crippen LogP contribution in [-0.4, -0.2) is 85.2 Å². The average molecular weight is 543 g/mol. The number of halogens is 1. The maximum atomic E-state index is 12.8. The smallest absolute Gasteiger partial charge is 0.320 e. The van der Waals surface area contributed by atoms with Crippen LogP contribution in [0, 0.1) is 12.8 Å². The van der Waals surface area contributed by atoms with E-state index in [-0.39, 0.29) is 24.3 Å². The third kappa shape index (κ3) is 8.19. The van der Waals surface area contributed by atoms with Crippen molar-refractivity contribution in [3.8, 4) is 0 Å². The summed E-state index contributed by atoms with van der Waals surface area (Å²) in [6, 6.07) is 16.4. The predicted molar refractivity (Wildman–Crippen MR) is 155 cm³/mol. The lowest BCUT2D eigenvalue weighted by Gasteiger charge is -2.39. The van der Waals surface area contributed by atoms with Crippen LogP contribution in [-0.2, 0) is 11.2 Å². The van der Waals surface area contributed by atoms with Crippen molar-refractivity contribution in [1.29, 1.82) is 0 Å². The Morgan fingerprint density at radius 3 is 2.34 bits per heavy atom. The quantitative estimate of drug-likeness (QED) is 0.505. The van der Waals surface area contributed by atoms with Gasteiger partial charge in [0.05, 0.1) is 13.2 Å². The lowest BCUT2D eigenvalue weighted by molar-refractivity contribution is 0.0387. The second-order valence-corrected chi connectivity index (χ2v) is 10.5. The van der Waals surface area contributed by atoms with Crippen molar-refractivity contribution in [2.75, 3.05) is 57.8 Å². The highest BCUT2D eigenvalue weighted by Crippen LogP contribution is 2.22. The van der Waals surface area contributed by atoms with Crippen LogP contribution in [0.2, 0.25) is 0 Å². The average Bonchev–Trinajstić information content (AvgIpc) is 2.92. The second-order valence-electron chi connectivity index (χ2n) is 10.5. The Morgan fingerprint density at radius 1 is 1.03 bits per heavy atom. The molecule has 0 aromatic heterocycles. The van der Waals surface area contributed by atoms with Crippen LogP contribution in [0.5, 0.6) is 0 Å². The number of nitrogens with one attached hydrogen (secondary N) is 1. The largest absolute Gasteiger partial charge is 0.378 e. The van der Waals surface area contributed by atoms with E-state index in [2.05, 4.69) is 36.2 Å². The highest BCUT2D eigenvalue weighted by molar-refractivity contribution is 6.04. The third-order valence-electron chi connectivity index (χ3n) is 7.72. The van der Waals surface area contributed by atoms with Gasteiger partial charge in [0.25, 0.3) is 5.91 Å². The standard InChI is InChI=1S/C30H42N4O3.ClH/c1-4-32(22-25-12-14-33(15-13-25)30(36)34-16-18-37-19-17-34)24(3)20-26-6-5-7-28(21-26)31-29(35)27-10-8-23(2)9-11-27;/h5-11,21,24-25H,4,12-20,22H2,1-3H3,(H,31,35);1H. The molecular weight excluding hydrogens is 500 g/mol. The fourth-order valence-corrected chi connectivity index (χ4v) is 5.37. The van der Waals surface area contributed by atoms with Crippen molar-refractivity contribution in [3.05, 3.63) is 65.2 Å². The Hall–Kier alpha value is -2.61. The number of anilines is 1. The number of hydrogen-bond acceptors (Lipinski definition) is 4. The lowest BCUT2D eigenvalue weighted by Crippen LogP contribution is -2.51. The SMILES string of the molecule is CCN(CC1CCN(C(=O)N2CCOCC2)CC1)C(C)Cc1cccc(NC(=O)c2ccc(C)cc2)c1.Cl. The summed E-state index contributed by atoms with van der Waals surface area (Å²) >= 11 is 0. The Balaban J connectivity index is 0.00000400. The molecule has 0 bridgehead atoms. The fourth-order valence-electron chi connectivity index (χ4n) is 5.37. The molecule has 3 amide bonds. The molecule has 2 aliphatic rings. The van der Waals surface area contributed by atoms with Gasteiger partial charge in [-0.05, 0) is 75.4 Å². The summed E-state index contributed by atoms with van der Waals surface area (Å²) in [5.41, 5.74) is 3.86. The number of likely N-dealkylation sites (tertiary alicyclic amines) is 1. The summed E-state index contributed by atoms with van der Waals surface area (Å²) in [5, 5.41) is 3.04. The van der Waals surface area contributed by atoms with Crippen molar-refractivity contribution >= 4 is 30.0 Å². The highest BCUT2D eigenvalue weighted by atomic mass is 35.5. The molecular formula is C30H43ClN4O3. The van der Waals surface area contributed by atoms with E-state index >= 15 is 0 Å². The van der Waals surface area contributed by atoms with Gasteiger partial charge in [-0.15, -0.1) is 12.4 Å². The Labute approximate surface area is 233 Å². The minimum Gasteiger partial charge on any atom is -0.378 e. The van der Waals surface area contributed by atoms with Gasteiger partial charge in [-0.1, -0.05) is 36.8 Å². The zero-order valence-corrected chi connectivity index (χ0v) is 23.8.